The molecule has 0 spiro atoms. The molecule has 0 saturated carbocycles. The Morgan fingerprint density at radius 3 is 2.32 bits per heavy atom. The fourth-order valence-electron chi connectivity index (χ4n) is 2.64. The van der Waals surface area contributed by atoms with E-state index in [1.165, 1.54) is 7.05 Å². The molecule has 2 aromatic rings. The third-order valence-electron chi connectivity index (χ3n) is 4.27. The van der Waals surface area contributed by atoms with Gasteiger partial charge in [0.2, 0.25) is 10.0 Å². The molecule has 2 rings (SSSR count). The maximum atomic E-state index is 11.8. The summed E-state index contributed by atoms with van der Waals surface area (Å²) in [6, 6.07) is 16.5. The van der Waals surface area contributed by atoms with Crippen LogP contribution in [0.25, 0.3) is 0 Å². The molecule has 0 aliphatic rings. The van der Waals surface area contributed by atoms with E-state index in [-0.39, 0.29) is 17.4 Å². The number of guanidine groups is 1. The van der Waals surface area contributed by atoms with Crippen LogP contribution in [0.3, 0.4) is 0 Å². The van der Waals surface area contributed by atoms with Crippen molar-refractivity contribution in [1.82, 2.24) is 15.4 Å². The number of hydrogen-bond acceptors (Lipinski definition) is 4. The molecular weight excluding hydrogens is 376 g/mol. The Balaban J connectivity index is 2.01. The largest absolute Gasteiger partial charge is 0.396 e. The van der Waals surface area contributed by atoms with Crippen LogP contribution in [0.2, 0.25) is 0 Å². The second-order valence-corrected chi connectivity index (χ2v) is 8.10. The van der Waals surface area contributed by atoms with Gasteiger partial charge in [-0.05, 0) is 37.2 Å². The Labute approximate surface area is 167 Å². The lowest BCUT2D eigenvalue weighted by atomic mass is 10.0. The fraction of sp³-hybridized carbons (Fsp3) is 0.350. The van der Waals surface area contributed by atoms with Crippen molar-refractivity contribution >= 4 is 16.0 Å². The van der Waals surface area contributed by atoms with Gasteiger partial charge >= 0.3 is 0 Å². The molecule has 0 saturated heterocycles. The smallest absolute Gasteiger partial charge is 0.240 e. The molecule has 1 unspecified atom stereocenters. The molecular formula is C20H28N4O3S. The Kier molecular flexibility index (Phi) is 8.43. The minimum Gasteiger partial charge on any atom is -0.396 e. The van der Waals surface area contributed by atoms with E-state index in [0.29, 0.717) is 25.6 Å². The van der Waals surface area contributed by atoms with E-state index in [0.717, 1.165) is 11.1 Å². The van der Waals surface area contributed by atoms with Crippen LogP contribution < -0.4 is 15.4 Å². The molecule has 0 bridgehead atoms. The van der Waals surface area contributed by atoms with Crippen LogP contribution >= 0.6 is 0 Å². The van der Waals surface area contributed by atoms with Gasteiger partial charge in [0.1, 0.15) is 0 Å². The second kappa shape index (κ2) is 10.8. The molecule has 0 aliphatic heterocycles. The predicted octanol–water partition coefficient (Wildman–Crippen LogP) is 1.43. The molecule has 152 valence electrons. The summed E-state index contributed by atoms with van der Waals surface area (Å²) in [5.74, 6) is 0.611. The number of aliphatic imine (C=N–C) groups is 1. The van der Waals surface area contributed by atoms with Crippen molar-refractivity contribution in [2.75, 3.05) is 26.7 Å². The van der Waals surface area contributed by atoms with E-state index in [9.17, 15) is 13.5 Å². The molecule has 2 aromatic carbocycles. The molecule has 7 nitrogen and oxygen atoms in total. The average Bonchev–Trinajstić information content (AvgIpc) is 2.73. The van der Waals surface area contributed by atoms with Gasteiger partial charge in [0, 0.05) is 19.0 Å². The van der Waals surface area contributed by atoms with Gasteiger partial charge in [0.25, 0.3) is 0 Å². The summed E-state index contributed by atoms with van der Waals surface area (Å²) >= 11 is 0. The first-order valence-corrected chi connectivity index (χ1v) is 10.7. The Morgan fingerprint density at radius 1 is 1.07 bits per heavy atom. The van der Waals surface area contributed by atoms with Crippen LogP contribution in [0.5, 0.6) is 0 Å². The quantitative estimate of drug-likeness (QED) is 0.374. The third-order valence-corrected chi connectivity index (χ3v) is 5.70. The lowest BCUT2D eigenvalue weighted by Crippen LogP contribution is -2.39. The van der Waals surface area contributed by atoms with Gasteiger partial charge in [-0.2, -0.15) is 0 Å². The summed E-state index contributed by atoms with van der Waals surface area (Å²) < 4.78 is 25.9. The van der Waals surface area contributed by atoms with Crippen molar-refractivity contribution in [2.24, 2.45) is 4.99 Å². The van der Waals surface area contributed by atoms with Crippen molar-refractivity contribution in [3.8, 4) is 0 Å². The van der Waals surface area contributed by atoms with Crippen molar-refractivity contribution in [1.29, 1.82) is 0 Å². The topological polar surface area (TPSA) is 103 Å². The highest BCUT2D eigenvalue weighted by Gasteiger charge is 2.12. The summed E-state index contributed by atoms with van der Waals surface area (Å²) in [6.07, 6.45) is 0. The maximum absolute atomic E-state index is 11.8. The monoisotopic (exact) mass is 404 g/mol. The molecule has 0 aliphatic carbocycles. The molecule has 4 N–H and O–H groups in total. The normalized spacial score (nSPS) is 13.2. The average molecular weight is 405 g/mol. The van der Waals surface area contributed by atoms with Crippen LogP contribution in [0, 0.1) is 0 Å². The van der Waals surface area contributed by atoms with Crippen LogP contribution in [-0.4, -0.2) is 46.2 Å². The Morgan fingerprint density at radius 2 is 1.75 bits per heavy atom. The Bertz CT molecular complexity index is 853. The number of benzene rings is 2. The van der Waals surface area contributed by atoms with Gasteiger partial charge in [-0.1, -0.05) is 42.5 Å². The zero-order valence-corrected chi connectivity index (χ0v) is 17.0. The van der Waals surface area contributed by atoms with Crippen LogP contribution in [-0.2, 0) is 16.6 Å². The number of aliphatic hydroxyl groups excluding tert-OH is 1. The van der Waals surface area contributed by atoms with E-state index < -0.39 is 10.0 Å². The van der Waals surface area contributed by atoms with Crippen LogP contribution in [0.15, 0.2) is 64.5 Å². The van der Waals surface area contributed by atoms with Gasteiger partial charge in [-0.3, -0.25) is 0 Å². The first kappa shape index (κ1) is 21.9. The van der Waals surface area contributed by atoms with Crippen molar-refractivity contribution in [3.63, 3.8) is 0 Å². The summed E-state index contributed by atoms with van der Waals surface area (Å²) in [7, 11) is -2.05. The zero-order valence-electron chi connectivity index (χ0n) is 16.2. The maximum Gasteiger partial charge on any atom is 0.240 e. The number of aliphatic hydroxyl groups is 1. The number of hydrogen-bond donors (Lipinski definition) is 4. The van der Waals surface area contributed by atoms with Gasteiger partial charge in [-0.25, -0.2) is 18.1 Å². The van der Waals surface area contributed by atoms with E-state index >= 15 is 0 Å². The molecule has 0 aromatic heterocycles. The number of nitrogens with one attached hydrogen (secondary N) is 3. The lowest BCUT2D eigenvalue weighted by Gasteiger charge is -2.18. The highest BCUT2D eigenvalue weighted by atomic mass is 32.2. The number of sulfonamides is 1. The van der Waals surface area contributed by atoms with Gasteiger partial charge in [0.15, 0.2) is 5.96 Å². The van der Waals surface area contributed by atoms with Gasteiger partial charge < -0.3 is 15.7 Å². The SMILES string of the molecule is CCNC(=NCc1ccc(S(=O)(=O)NC)cc1)NCC(CO)c1ccccc1. The third kappa shape index (κ3) is 6.33. The predicted molar refractivity (Wildman–Crippen MR) is 112 cm³/mol. The van der Waals surface area contributed by atoms with E-state index in [1.54, 1.807) is 24.3 Å². The molecule has 0 heterocycles. The molecule has 1 atom stereocenters. The summed E-state index contributed by atoms with van der Waals surface area (Å²) in [5.41, 5.74) is 1.96. The zero-order chi connectivity index (χ0) is 20.4. The van der Waals surface area contributed by atoms with E-state index in [1.807, 2.05) is 37.3 Å². The molecule has 0 radical (unpaired) electrons. The summed E-state index contributed by atoms with van der Waals surface area (Å²) in [5, 5.41) is 16.1. The highest BCUT2D eigenvalue weighted by Crippen LogP contribution is 2.14. The Hall–Kier alpha value is -2.42. The minimum atomic E-state index is -3.44. The van der Waals surface area contributed by atoms with Crippen molar-refractivity contribution in [2.45, 2.75) is 24.3 Å². The van der Waals surface area contributed by atoms with Gasteiger partial charge in [-0.15, -0.1) is 0 Å². The lowest BCUT2D eigenvalue weighted by molar-refractivity contribution is 0.265. The second-order valence-electron chi connectivity index (χ2n) is 6.22. The summed E-state index contributed by atoms with van der Waals surface area (Å²) in [6.45, 7) is 3.68. The van der Waals surface area contributed by atoms with Gasteiger partial charge in [0.05, 0.1) is 18.0 Å². The van der Waals surface area contributed by atoms with Crippen LogP contribution in [0.1, 0.15) is 24.0 Å². The molecule has 0 amide bonds. The first-order valence-electron chi connectivity index (χ1n) is 9.20. The first-order chi connectivity index (χ1) is 13.5. The van der Waals surface area contributed by atoms with Crippen LogP contribution in [0.4, 0.5) is 0 Å². The van der Waals surface area contributed by atoms with E-state index in [2.05, 4.69) is 20.3 Å². The fourth-order valence-corrected chi connectivity index (χ4v) is 3.37. The standard InChI is InChI=1S/C20H28N4O3S/c1-3-22-20(24-14-18(15-25)17-7-5-4-6-8-17)23-13-16-9-11-19(12-10-16)28(26,27)21-2/h4-12,18,21,25H,3,13-15H2,1-2H3,(H2,22,23,24). The van der Waals surface area contributed by atoms with Crippen molar-refractivity contribution in [3.05, 3.63) is 65.7 Å². The van der Waals surface area contributed by atoms with E-state index in [4.69, 9.17) is 0 Å². The highest BCUT2D eigenvalue weighted by molar-refractivity contribution is 7.89. The van der Waals surface area contributed by atoms with Crippen molar-refractivity contribution < 1.29 is 13.5 Å². The molecule has 28 heavy (non-hydrogen) atoms. The number of nitrogens with zero attached hydrogens (tertiary/aromatic N) is 1. The molecule has 0 fully saturated rings. The summed E-state index contributed by atoms with van der Waals surface area (Å²) in [4.78, 5) is 4.77. The minimum absolute atomic E-state index is 0.0314. The molecule has 8 heteroatoms. The number of rotatable bonds is 9.